The van der Waals surface area contributed by atoms with Gasteiger partial charge in [-0.15, -0.1) is 0 Å². The first-order valence-electron chi connectivity index (χ1n) is 22.3. The van der Waals surface area contributed by atoms with E-state index >= 15 is 0 Å². The van der Waals surface area contributed by atoms with Gasteiger partial charge in [0.1, 0.15) is 0 Å². The van der Waals surface area contributed by atoms with Crippen molar-refractivity contribution in [3.63, 3.8) is 0 Å². The quantitative estimate of drug-likeness (QED) is 0.168. The van der Waals surface area contributed by atoms with E-state index in [0.29, 0.717) is 17.6 Å². The molecular weight excluding hydrogens is 791 g/mol. The normalized spacial score (nSPS) is 12.9. The van der Waals surface area contributed by atoms with Gasteiger partial charge >= 0.3 is 0 Å². The Balaban J connectivity index is 1.14. The van der Waals surface area contributed by atoms with Crippen molar-refractivity contribution >= 4 is 43.6 Å². The van der Waals surface area contributed by atoms with Gasteiger partial charge in [0.25, 0.3) is 0 Å². The van der Waals surface area contributed by atoms with Crippen LogP contribution in [0.4, 0.5) is 0 Å². The van der Waals surface area contributed by atoms with Crippen LogP contribution >= 0.6 is 0 Å². The van der Waals surface area contributed by atoms with E-state index < -0.39 is 0 Å². The fourth-order valence-electron chi connectivity index (χ4n) is 10.6. The molecule has 0 radical (unpaired) electrons. The average molecular weight is 832 g/mol. The van der Waals surface area contributed by atoms with Crippen molar-refractivity contribution in [1.82, 2.24) is 24.1 Å². The van der Waals surface area contributed by atoms with Crippen LogP contribution in [-0.2, 0) is 5.41 Å². The van der Waals surface area contributed by atoms with Gasteiger partial charge < -0.3 is 4.57 Å². The standard InChI is InChI=1S/C60H41N5/c1-60(2)50-29-15-12-27-47(50)54-48(28-18-30-51(54)60)58-61-57(40-23-10-5-11-24-40)62-59(63-58)65-53-32-17-14-26-44(53)46-36-35-45-43-25-13-16-31-52(43)64(55(45)56(46)65)41-33-34-42(38-19-6-3-7-20-38)49(37-41)39-21-8-4-9-22-39/h3-37H,1-2H3. The second kappa shape index (κ2) is 14.3. The smallest absolute Gasteiger partial charge is 0.238 e. The summed E-state index contributed by atoms with van der Waals surface area (Å²) in [5, 5.41) is 4.59. The summed E-state index contributed by atoms with van der Waals surface area (Å²) in [5.74, 6) is 1.83. The second-order valence-electron chi connectivity index (χ2n) is 17.6. The topological polar surface area (TPSA) is 48.5 Å². The lowest BCUT2D eigenvalue weighted by molar-refractivity contribution is 0.660. The van der Waals surface area contributed by atoms with Gasteiger partial charge in [-0.1, -0.05) is 202 Å². The lowest BCUT2D eigenvalue weighted by atomic mass is 9.82. The van der Waals surface area contributed by atoms with Crippen LogP contribution in [0.5, 0.6) is 0 Å². The Morgan fingerprint density at radius 3 is 1.57 bits per heavy atom. The van der Waals surface area contributed by atoms with Crippen LogP contribution in [0.25, 0.3) is 111 Å². The van der Waals surface area contributed by atoms with Crippen molar-refractivity contribution in [3.05, 3.63) is 223 Å². The van der Waals surface area contributed by atoms with Crippen LogP contribution in [0.15, 0.2) is 212 Å². The van der Waals surface area contributed by atoms with E-state index in [-0.39, 0.29) is 5.41 Å². The summed E-state index contributed by atoms with van der Waals surface area (Å²) in [4.78, 5) is 16.3. The zero-order valence-corrected chi connectivity index (χ0v) is 35.9. The monoisotopic (exact) mass is 831 g/mol. The van der Waals surface area contributed by atoms with Crippen molar-refractivity contribution in [2.75, 3.05) is 0 Å². The summed E-state index contributed by atoms with van der Waals surface area (Å²) >= 11 is 0. The number of hydrogen-bond acceptors (Lipinski definition) is 3. The summed E-state index contributed by atoms with van der Waals surface area (Å²) in [6.07, 6.45) is 0. The number of para-hydroxylation sites is 2. The third-order valence-corrected chi connectivity index (χ3v) is 13.6. The predicted molar refractivity (Wildman–Crippen MR) is 268 cm³/mol. The Morgan fingerprint density at radius 1 is 0.354 bits per heavy atom. The maximum atomic E-state index is 5.56. The molecule has 3 heterocycles. The minimum Gasteiger partial charge on any atom is -0.307 e. The molecule has 1 aliphatic carbocycles. The summed E-state index contributed by atoms with van der Waals surface area (Å²) in [6, 6.07) is 76.0. The number of aromatic nitrogens is 5. The Hall–Kier alpha value is -8.41. The molecule has 0 saturated carbocycles. The highest BCUT2D eigenvalue weighted by Crippen LogP contribution is 2.52. The fourth-order valence-corrected chi connectivity index (χ4v) is 10.6. The van der Waals surface area contributed by atoms with Crippen molar-refractivity contribution in [3.8, 4) is 67.8 Å². The molecule has 0 spiro atoms. The van der Waals surface area contributed by atoms with Gasteiger partial charge in [-0.2, -0.15) is 9.97 Å². The Morgan fingerprint density at radius 2 is 0.877 bits per heavy atom. The molecule has 9 aromatic carbocycles. The molecule has 12 aromatic rings. The highest BCUT2D eigenvalue weighted by Gasteiger charge is 2.37. The predicted octanol–water partition coefficient (Wildman–Crippen LogP) is 15.0. The summed E-state index contributed by atoms with van der Waals surface area (Å²) < 4.78 is 4.74. The molecule has 0 fully saturated rings. The Kier molecular flexibility index (Phi) is 8.18. The summed E-state index contributed by atoms with van der Waals surface area (Å²) in [6.45, 7) is 4.63. The summed E-state index contributed by atoms with van der Waals surface area (Å²) in [7, 11) is 0. The fraction of sp³-hybridized carbons (Fsp3) is 0.0500. The molecule has 0 bridgehead atoms. The summed E-state index contributed by atoms with van der Waals surface area (Å²) in [5.41, 5.74) is 16.8. The first kappa shape index (κ1) is 37.2. The SMILES string of the molecule is CC1(C)c2ccccc2-c2c(-c3nc(-c4ccccc4)nc(-n4c5ccccc5c5ccc6c7ccccc7n(-c7ccc(-c8ccccc8)c(-c8ccccc8)c7)c6c54)n3)cccc21. The van der Waals surface area contributed by atoms with Crippen molar-refractivity contribution in [2.24, 2.45) is 0 Å². The molecule has 0 saturated heterocycles. The molecule has 0 aliphatic heterocycles. The second-order valence-corrected chi connectivity index (χ2v) is 17.6. The van der Waals surface area contributed by atoms with Gasteiger partial charge in [0.2, 0.25) is 5.95 Å². The van der Waals surface area contributed by atoms with E-state index in [0.717, 1.165) is 60.6 Å². The highest BCUT2D eigenvalue weighted by molar-refractivity contribution is 6.23. The van der Waals surface area contributed by atoms with Gasteiger partial charge in [-0.3, -0.25) is 4.57 Å². The highest BCUT2D eigenvalue weighted by atomic mass is 15.2. The minimum absolute atomic E-state index is 0.175. The molecule has 0 atom stereocenters. The number of rotatable bonds is 6. The van der Waals surface area contributed by atoms with Crippen LogP contribution in [0, 0.1) is 0 Å². The lowest BCUT2D eigenvalue weighted by Crippen LogP contribution is -2.14. The molecule has 0 N–H and O–H groups in total. The van der Waals surface area contributed by atoms with Gasteiger partial charge in [0.15, 0.2) is 11.6 Å². The van der Waals surface area contributed by atoms with Crippen LogP contribution in [0.1, 0.15) is 25.0 Å². The lowest BCUT2D eigenvalue weighted by Gasteiger charge is -2.21. The maximum Gasteiger partial charge on any atom is 0.238 e. The number of nitrogens with zero attached hydrogens (tertiary/aromatic N) is 5. The zero-order valence-electron chi connectivity index (χ0n) is 35.9. The van der Waals surface area contributed by atoms with E-state index in [1.165, 1.54) is 44.3 Å². The van der Waals surface area contributed by atoms with E-state index in [1.807, 2.05) is 18.2 Å². The van der Waals surface area contributed by atoms with Crippen LogP contribution in [0.3, 0.4) is 0 Å². The average Bonchev–Trinajstić information content (AvgIpc) is 3.98. The molecule has 3 aromatic heterocycles. The molecule has 5 heteroatoms. The largest absolute Gasteiger partial charge is 0.307 e. The van der Waals surface area contributed by atoms with Gasteiger partial charge in [-0.05, 0) is 68.8 Å². The number of benzene rings is 9. The van der Waals surface area contributed by atoms with E-state index in [1.54, 1.807) is 0 Å². The van der Waals surface area contributed by atoms with Gasteiger partial charge in [0, 0.05) is 43.8 Å². The molecule has 306 valence electrons. The molecule has 1 aliphatic rings. The molecule has 0 unspecified atom stereocenters. The van der Waals surface area contributed by atoms with E-state index in [9.17, 15) is 0 Å². The molecule has 13 rings (SSSR count). The number of fused-ring (bicyclic) bond motifs is 10. The van der Waals surface area contributed by atoms with Crippen molar-refractivity contribution in [2.45, 2.75) is 19.3 Å². The van der Waals surface area contributed by atoms with E-state index in [2.05, 4.69) is 217 Å². The van der Waals surface area contributed by atoms with Crippen LogP contribution in [-0.4, -0.2) is 24.1 Å². The Labute approximate surface area is 376 Å². The Bertz CT molecular complexity index is 3840. The van der Waals surface area contributed by atoms with Crippen molar-refractivity contribution < 1.29 is 0 Å². The van der Waals surface area contributed by atoms with E-state index in [4.69, 9.17) is 15.0 Å². The van der Waals surface area contributed by atoms with Crippen LogP contribution in [0.2, 0.25) is 0 Å². The molecular formula is C60H41N5. The van der Waals surface area contributed by atoms with Gasteiger partial charge in [-0.25, -0.2) is 4.98 Å². The van der Waals surface area contributed by atoms with Crippen LogP contribution < -0.4 is 0 Å². The first-order chi connectivity index (χ1) is 32.0. The van der Waals surface area contributed by atoms with Gasteiger partial charge in [0.05, 0.1) is 22.1 Å². The first-order valence-corrected chi connectivity index (χ1v) is 22.3. The minimum atomic E-state index is -0.175. The third kappa shape index (κ3) is 5.62. The number of hydrogen-bond donors (Lipinski definition) is 0. The third-order valence-electron chi connectivity index (χ3n) is 13.6. The zero-order chi connectivity index (χ0) is 43.2. The molecule has 65 heavy (non-hydrogen) atoms. The maximum absolute atomic E-state index is 5.56. The molecule has 5 nitrogen and oxygen atoms in total. The molecule has 0 amide bonds. The van der Waals surface area contributed by atoms with Crippen molar-refractivity contribution in [1.29, 1.82) is 0 Å².